The Hall–Kier alpha value is -1.42. The number of ketones is 1. The Kier molecular flexibility index (Phi) is 3.63. The molecule has 1 unspecified atom stereocenters. The van der Waals surface area contributed by atoms with Crippen molar-refractivity contribution < 1.29 is 14.3 Å². The SMILES string of the molecule is Cc1c(F)cc(N)c2c1CCC(C)(CCCO)C2=O. The predicted molar refractivity (Wildman–Crippen MR) is 72.6 cm³/mol. The van der Waals surface area contributed by atoms with Crippen molar-refractivity contribution in [3.05, 3.63) is 28.6 Å². The highest BCUT2D eigenvalue weighted by atomic mass is 19.1. The highest BCUT2D eigenvalue weighted by Crippen LogP contribution is 2.42. The van der Waals surface area contributed by atoms with E-state index in [1.807, 2.05) is 6.92 Å². The van der Waals surface area contributed by atoms with Gasteiger partial charge in [0.05, 0.1) is 0 Å². The lowest BCUT2D eigenvalue weighted by Gasteiger charge is -2.34. The van der Waals surface area contributed by atoms with Crippen LogP contribution in [0.15, 0.2) is 6.07 Å². The van der Waals surface area contributed by atoms with Crippen molar-refractivity contribution in [2.75, 3.05) is 12.3 Å². The largest absolute Gasteiger partial charge is 0.398 e. The van der Waals surface area contributed by atoms with Crippen LogP contribution in [0.1, 0.15) is 47.7 Å². The van der Waals surface area contributed by atoms with Crippen LogP contribution in [0, 0.1) is 18.2 Å². The molecule has 0 bridgehead atoms. The van der Waals surface area contributed by atoms with E-state index in [9.17, 15) is 9.18 Å². The summed E-state index contributed by atoms with van der Waals surface area (Å²) in [7, 11) is 0. The summed E-state index contributed by atoms with van der Waals surface area (Å²) in [6, 6.07) is 1.24. The molecule has 1 aromatic carbocycles. The van der Waals surface area contributed by atoms with Gasteiger partial charge in [0.25, 0.3) is 0 Å². The van der Waals surface area contributed by atoms with Crippen LogP contribution in [0.2, 0.25) is 0 Å². The summed E-state index contributed by atoms with van der Waals surface area (Å²) >= 11 is 0. The first-order valence-corrected chi connectivity index (χ1v) is 6.64. The lowest BCUT2D eigenvalue weighted by atomic mass is 9.68. The number of hydrogen-bond acceptors (Lipinski definition) is 3. The Morgan fingerprint density at radius 3 is 2.84 bits per heavy atom. The van der Waals surface area contributed by atoms with Gasteiger partial charge in [-0.05, 0) is 49.8 Å². The number of nitrogen functional groups attached to an aromatic ring is 1. The molecule has 0 amide bonds. The van der Waals surface area contributed by atoms with Crippen LogP contribution in [-0.2, 0) is 6.42 Å². The van der Waals surface area contributed by atoms with Gasteiger partial charge in [-0.15, -0.1) is 0 Å². The van der Waals surface area contributed by atoms with Crippen LogP contribution < -0.4 is 5.73 Å². The van der Waals surface area contributed by atoms with Crippen molar-refractivity contribution in [2.24, 2.45) is 5.41 Å². The average molecular weight is 265 g/mol. The fraction of sp³-hybridized carbons (Fsp3) is 0.533. The molecular weight excluding hydrogens is 245 g/mol. The highest BCUT2D eigenvalue weighted by Gasteiger charge is 2.39. The van der Waals surface area contributed by atoms with E-state index in [-0.39, 0.29) is 23.9 Å². The number of hydrogen-bond donors (Lipinski definition) is 2. The van der Waals surface area contributed by atoms with Crippen LogP contribution in [0.25, 0.3) is 0 Å². The van der Waals surface area contributed by atoms with Crippen molar-refractivity contribution in [1.29, 1.82) is 0 Å². The number of halogens is 1. The first-order valence-electron chi connectivity index (χ1n) is 6.64. The third-order valence-electron chi connectivity index (χ3n) is 4.27. The number of benzene rings is 1. The molecule has 0 fully saturated rings. The molecule has 1 aromatic rings. The number of aliphatic hydroxyl groups is 1. The van der Waals surface area contributed by atoms with E-state index in [1.54, 1.807) is 6.92 Å². The maximum absolute atomic E-state index is 13.7. The molecule has 0 aromatic heterocycles. The molecule has 0 aliphatic heterocycles. The van der Waals surface area contributed by atoms with Crippen molar-refractivity contribution >= 4 is 11.5 Å². The van der Waals surface area contributed by atoms with Gasteiger partial charge >= 0.3 is 0 Å². The van der Waals surface area contributed by atoms with Gasteiger partial charge in [0.1, 0.15) is 5.82 Å². The quantitative estimate of drug-likeness (QED) is 0.826. The van der Waals surface area contributed by atoms with Crippen LogP contribution in [0.5, 0.6) is 0 Å². The van der Waals surface area contributed by atoms with Crippen LogP contribution in [-0.4, -0.2) is 17.5 Å². The van der Waals surface area contributed by atoms with Crippen LogP contribution in [0.4, 0.5) is 10.1 Å². The first kappa shape index (κ1) is 14.0. The molecule has 0 saturated heterocycles. The van der Waals surface area contributed by atoms with Crippen LogP contribution in [0.3, 0.4) is 0 Å². The summed E-state index contributed by atoms with van der Waals surface area (Å²) in [6.45, 7) is 3.68. The molecule has 0 radical (unpaired) electrons. The summed E-state index contributed by atoms with van der Waals surface area (Å²) < 4.78 is 13.7. The second kappa shape index (κ2) is 4.93. The Morgan fingerprint density at radius 1 is 1.53 bits per heavy atom. The number of aliphatic hydroxyl groups excluding tert-OH is 1. The number of Topliss-reactive ketones (excluding diaryl/α,β-unsaturated/α-hetero) is 1. The topological polar surface area (TPSA) is 63.3 Å². The maximum Gasteiger partial charge on any atom is 0.171 e. The minimum Gasteiger partial charge on any atom is -0.398 e. The molecule has 3 nitrogen and oxygen atoms in total. The zero-order valence-electron chi connectivity index (χ0n) is 11.4. The number of carbonyl (C=O) groups is 1. The van der Waals surface area contributed by atoms with E-state index in [0.717, 1.165) is 5.56 Å². The summed E-state index contributed by atoms with van der Waals surface area (Å²) in [5, 5.41) is 8.94. The molecule has 3 N–H and O–H groups in total. The number of nitrogens with two attached hydrogens (primary N) is 1. The first-order chi connectivity index (χ1) is 8.90. The van der Waals surface area contributed by atoms with Crippen molar-refractivity contribution in [1.82, 2.24) is 0 Å². The molecule has 4 heteroatoms. The Bertz CT molecular complexity index is 527. The molecule has 0 saturated carbocycles. The fourth-order valence-electron chi connectivity index (χ4n) is 2.93. The number of carbonyl (C=O) groups excluding carboxylic acids is 1. The van der Waals surface area contributed by atoms with E-state index < -0.39 is 5.41 Å². The fourth-order valence-corrected chi connectivity index (χ4v) is 2.93. The Balaban J connectivity index is 2.47. The molecule has 19 heavy (non-hydrogen) atoms. The minimum absolute atomic E-state index is 0.0113. The predicted octanol–water partition coefficient (Wildman–Crippen LogP) is 2.62. The number of rotatable bonds is 3. The summed E-state index contributed by atoms with van der Waals surface area (Å²) in [4.78, 5) is 12.6. The third-order valence-corrected chi connectivity index (χ3v) is 4.27. The van der Waals surface area contributed by atoms with Gasteiger partial charge in [0, 0.05) is 23.3 Å². The van der Waals surface area contributed by atoms with E-state index >= 15 is 0 Å². The highest BCUT2D eigenvalue weighted by molar-refractivity contribution is 6.06. The van der Waals surface area contributed by atoms with Crippen molar-refractivity contribution in [2.45, 2.75) is 39.5 Å². The van der Waals surface area contributed by atoms with E-state index in [2.05, 4.69) is 0 Å². The molecule has 0 spiro atoms. The number of fused-ring (bicyclic) bond motifs is 1. The summed E-state index contributed by atoms with van der Waals surface area (Å²) in [5.74, 6) is -0.356. The lowest BCUT2D eigenvalue weighted by molar-refractivity contribution is 0.0756. The van der Waals surface area contributed by atoms with Gasteiger partial charge in [-0.25, -0.2) is 4.39 Å². The average Bonchev–Trinajstić information content (AvgIpc) is 2.37. The Labute approximate surface area is 112 Å². The van der Waals surface area contributed by atoms with Gasteiger partial charge in [-0.1, -0.05) is 6.92 Å². The summed E-state index contributed by atoms with van der Waals surface area (Å²) in [6.07, 6.45) is 2.58. The lowest BCUT2D eigenvalue weighted by Crippen LogP contribution is -2.35. The normalized spacial score (nSPS) is 22.4. The molecular formula is C15H20FNO2. The van der Waals surface area contributed by atoms with Gasteiger partial charge in [-0.3, -0.25) is 4.79 Å². The van der Waals surface area contributed by atoms with Gasteiger partial charge < -0.3 is 10.8 Å². The Morgan fingerprint density at radius 2 is 2.21 bits per heavy atom. The molecule has 1 aliphatic rings. The zero-order chi connectivity index (χ0) is 14.2. The zero-order valence-corrected chi connectivity index (χ0v) is 11.4. The van der Waals surface area contributed by atoms with Gasteiger partial charge in [0.15, 0.2) is 5.78 Å². The van der Waals surface area contributed by atoms with Crippen molar-refractivity contribution in [3.63, 3.8) is 0 Å². The van der Waals surface area contributed by atoms with Gasteiger partial charge in [-0.2, -0.15) is 0 Å². The molecule has 1 aliphatic carbocycles. The number of anilines is 1. The maximum atomic E-state index is 13.7. The van der Waals surface area contributed by atoms with E-state index in [4.69, 9.17) is 10.8 Å². The van der Waals surface area contributed by atoms with Crippen molar-refractivity contribution in [3.8, 4) is 0 Å². The monoisotopic (exact) mass is 265 g/mol. The molecule has 2 rings (SSSR count). The molecule has 0 heterocycles. The third kappa shape index (κ3) is 2.25. The molecule has 104 valence electrons. The van der Waals surface area contributed by atoms with Crippen LogP contribution >= 0.6 is 0 Å². The van der Waals surface area contributed by atoms with Gasteiger partial charge in [0.2, 0.25) is 0 Å². The standard InChI is InChI=1S/C15H20FNO2/c1-9-10-4-6-15(2,5-3-7-18)14(19)13(10)12(17)8-11(9)16/h8,18H,3-7,17H2,1-2H3. The minimum atomic E-state index is -0.492. The molecule has 1 atom stereocenters. The second-order valence-electron chi connectivity index (χ2n) is 5.64. The van der Waals surface area contributed by atoms with E-state index in [0.29, 0.717) is 36.8 Å². The smallest absolute Gasteiger partial charge is 0.171 e. The van der Waals surface area contributed by atoms with E-state index in [1.165, 1.54) is 6.07 Å². The second-order valence-corrected chi connectivity index (χ2v) is 5.64. The summed E-state index contributed by atoms with van der Waals surface area (Å²) in [5.41, 5.74) is 7.36.